The molecule has 0 atom stereocenters. The number of ether oxygens (including phenoxy) is 1. The van der Waals surface area contributed by atoms with Crippen LogP contribution in [-0.2, 0) is 5.41 Å². The highest BCUT2D eigenvalue weighted by atomic mass is 79.9. The van der Waals surface area contributed by atoms with Crippen LogP contribution in [0.25, 0.3) is 0 Å². The van der Waals surface area contributed by atoms with Gasteiger partial charge in [-0.05, 0) is 36.6 Å². The van der Waals surface area contributed by atoms with Gasteiger partial charge < -0.3 is 10.5 Å². The Hall–Kier alpha value is -0.540. The van der Waals surface area contributed by atoms with Crippen LogP contribution in [0.3, 0.4) is 0 Å². The number of hydrogen-bond donors (Lipinski definition) is 1. The van der Waals surface area contributed by atoms with Crippen molar-refractivity contribution in [1.82, 2.24) is 0 Å². The fourth-order valence-electron chi connectivity index (χ4n) is 1.75. The molecule has 0 amide bonds. The van der Waals surface area contributed by atoms with E-state index >= 15 is 0 Å². The molecule has 14 heavy (non-hydrogen) atoms. The second kappa shape index (κ2) is 3.55. The number of nitrogens with two attached hydrogens (primary N) is 1. The van der Waals surface area contributed by atoms with E-state index in [0.29, 0.717) is 0 Å². The smallest absolute Gasteiger partial charge is 0.120 e. The molecule has 1 fully saturated rings. The molecule has 3 heteroatoms. The van der Waals surface area contributed by atoms with Crippen molar-refractivity contribution in [3.63, 3.8) is 0 Å². The van der Waals surface area contributed by atoms with Gasteiger partial charge in [-0.3, -0.25) is 0 Å². The molecule has 0 aromatic heterocycles. The lowest BCUT2D eigenvalue weighted by molar-refractivity contribution is 0.413. The predicted octanol–water partition coefficient (Wildman–Crippen LogP) is 2.45. The van der Waals surface area contributed by atoms with Crippen LogP contribution in [0.2, 0.25) is 0 Å². The molecule has 2 nitrogen and oxygen atoms in total. The Labute approximate surface area is 92.6 Å². The van der Waals surface area contributed by atoms with Crippen molar-refractivity contribution in [2.24, 2.45) is 5.73 Å². The number of benzene rings is 1. The summed E-state index contributed by atoms with van der Waals surface area (Å²) in [6.07, 6.45) is 2.40. The van der Waals surface area contributed by atoms with E-state index in [0.717, 1.165) is 16.8 Å². The van der Waals surface area contributed by atoms with Crippen LogP contribution >= 0.6 is 15.9 Å². The summed E-state index contributed by atoms with van der Waals surface area (Å²) in [5.41, 5.74) is 7.32. The highest BCUT2D eigenvalue weighted by molar-refractivity contribution is 9.10. The molecule has 76 valence electrons. The van der Waals surface area contributed by atoms with Crippen LogP contribution < -0.4 is 10.5 Å². The molecule has 1 aliphatic carbocycles. The van der Waals surface area contributed by atoms with Crippen molar-refractivity contribution in [3.05, 3.63) is 28.2 Å². The standard InChI is InChI=1S/C11H14BrNO/c1-14-10-5-8(4-9(12)6-10)11(7-13)2-3-11/h4-6H,2-3,7,13H2,1H3. The fraction of sp³-hybridized carbons (Fsp3) is 0.455. The normalized spacial score (nSPS) is 17.9. The molecule has 2 N–H and O–H groups in total. The van der Waals surface area contributed by atoms with E-state index in [2.05, 4.69) is 28.1 Å². The molecule has 0 saturated heterocycles. The van der Waals surface area contributed by atoms with Crippen LogP contribution in [0.5, 0.6) is 5.75 Å². The second-order valence-corrected chi connectivity index (χ2v) is 4.78. The third-order valence-electron chi connectivity index (χ3n) is 2.96. The quantitative estimate of drug-likeness (QED) is 0.901. The van der Waals surface area contributed by atoms with Crippen molar-refractivity contribution in [3.8, 4) is 5.75 Å². The van der Waals surface area contributed by atoms with Gasteiger partial charge in [0, 0.05) is 16.4 Å². The monoisotopic (exact) mass is 255 g/mol. The number of halogens is 1. The van der Waals surface area contributed by atoms with E-state index in [9.17, 15) is 0 Å². The van der Waals surface area contributed by atoms with E-state index in [4.69, 9.17) is 10.5 Å². The van der Waals surface area contributed by atoms with Gasteiger partial charge in [0.15, 0.2) is 0 Å². The van der Waals surface area contributed by atoms with Gasteiger partial charge in [0.2, 0.25) is 0 Å². The van der Waals surface area contributed by atoms with Crippen LogP contribution in [-0.4, -0.2) is 13.7 Å². The first-order valence-electron chi connectivity index (χ1n) is 4.75. The third kappa shape index (κ3) is 1.66. The van der Waals surface area contributed by atoms with Crippen molar-refractivity contribution in [2.75, 3.05) is 13.7 Å². The van der Waals surface area contributed by atoms with Crippen LogP contribution in [0, 0.1) is 0 Å². The highest BCUT2D eigenvalue weighted by Gasteiger charge is 2.43. The largest absolute Gasteiger partial charge is 0.497 e. The lowest BCUT2D eigenvalue weighted by atomic mass is 9.96. The minimum absolute atomic E-state index is 0.233. The minimum atomic E-state index is 0.233. The summed E-state index contributed by atoms with van der Waals surface area (Å²) in [4.78, 5) is 0. The Morgan fingerprint density at radius 2 is 2.14 bits per heavy atom. The van der Waals surface area contributed by atoms with Gasteiger partial charge in [0.1, 0.15) is 5.75 Å². The summed E-state index contributed by atoms with van der Waals surface area (Å²) in [7, 11) is 1.69. The molecule has 1 aliphatic rings. The van der Waals surface area contributed by atoms with E-state index in [1.54, 1.807) is 7.11 Å². The van der Waals surface area contributed by atoms with Crippen LogP contribution in [0.15, 0.2) is 22.7 Å². The predicted molar refractivity (Wildman–Crippen MR) is 60.7 cm³/mol. The summed E-state index contributed by atoms with van der Waals surface area (Å²) in [5, 5.41) is 0. The molecule has 0 radical (unpaired) electrons. The Bertz CT molecular complexity index is 347. The van der Waals surface area contributed by atoms with Gasteiger partial charge in [-0.25, -0.2) is 0 Å². The minimum Gasteiger partial charge on any atom is -0.497 e. The van der Waals surface area contributed by atoms with Crippen LogP contribution in [0.4, 0.5) is 0 Å². The van der Waals surface area contributed by atoms with Crippen molar-refractivity contribution in [1.29, 1.82) is 0 Å². The van der Waals surface area contributed by atoms with Gasteiger partial charge in [-0.1, -0.05) is 15.9 Å². The van der Waals surface area contributed by atoms with Gasteiger partial charge in [-0.15, -0.1) is 0 Å². The van der Waals surface area contributed by atoms with Crippen molar-refractivity contribution < 1.29 is 4.74 Å². The maximum atomic E-state index is 5.79. The maximum Gasteiger partial charge on any atom is 0.120 e. The summed E-state index contributed by atoms with van der Waals surface area (Å²) >= 11 is 3.48. The van der Waals surface area contributed by atoms with Crippen molar-refractivity contribution in [2.45, 2.75) is 18.3 Å². The molecule has 0 aliphatic heterocycles. The van der Waals surface area contributed by atoms with Gasteiger partial charge in [0.05, 0.1) is 7.11 Å². The van der Waals surface area contributed by atoms with Crippen LogP contribution in [0.1, 0.15) is 18.4 Å². The average molecular weight is 256 g/mol. The van der Waals surface area contributed by atoms with E-state index in [1.807, 2.05) is 6.07 Å². The Morgan fingerprint density at radius 3 is 2.64 bits per heavy atom. The van der Waals surface area contributed by atoms with E-state index in [-0.39, 0.29) is 5.41 Å². The third-order valence-corrected chi connectivity index (χ3v) is 3.42. The highest BCUT2D eigenvalue weighted by Crippen LogP contribution is 2.48. The second-order valence-electron chi connectivity index (χ2n) is 3.86. The number of hydrogen-bond acceptors (Lipinski definition) is 2. The zero-order valence-corrected chi connectivity index (χ0v) is 9.80. The molecule has 0 bridgehead atoms. The molecule has 0 heterocycles. The number of methoxy groups -OCH3 is 1. The topological polar surface area (TPSA) is 35.2 Å². The first-order valence-corrected chi connectivity index (χ1v) is 5.55. The number of rotatable bonds is 3. The fourth-order valence-corrected chi connectivity index (χ4v) is 2.22. The molecule has 2 rings (SSSR count). The van der Waals surface area contributed by atoms with Crippen molar-refractivity contribution >= 4 is 15.9 Å². The molecular weight excluding hydrogens is 242 g/mol. The van der Waals surface area contributed by atoms with Gasteiger partial charge in [-0.2, -0.15) is 0 Å². The van der Waals surface area contributed by atoms with Gasteiger partial charge in [0.25, 0.3) is 0 Å². The Kier molecular flexibility index (Phi) is 2.54. The van der Waals surface area contributed by atoms with Gasteiger partial charge >= 0.3 is 0 Å². The Balaban J connectivity index is 2.38. The molecular formula is C11H14BrNO. The lowest BCUT2D eigenvalue weighted by Crippen LogP contribution is -2.19. The summed E-state index contributed by atoms with van der Waals surface area (Å²) < 4.78 is 6.29. The molecule has 1 saturated carbocycles. The zero-order valence-electron chi connectivity index (χ0n) is 8.22. The first kappa shape index (κ1) is 9.99. The molecule has 1 aromatic carbocycles. The van der Waals surface area contributed by atoms with E-state index in [1.165, 1.54) is 18.4 Å². The summed E-state index contributed by atoms with van der Waals surface area (Å²) in [6, 6.07) is 6.20. The molecule has 0 spiro atoms. The van der Waals surface area contributed by atoms with E-state index < -0.39 is 0 Å². The summed E-state index contributed by atoms with van der Waals surface area (Å²) in [5.74, 6) is 0.897. The zero-order chi connectivity index (χ0) is 10.2. The maximum absolute atomic E-state index is 5.79. The SMILES string of the molecule is COc1cc(Br)cc(C2(CN)CC2)c1. The molecule has 1 aromatic rings. The average Bonchev–Trinajstić information content (AvgIpc) is 2.97. The molecule has 0 unspecified atom stereocenters. The Morgan fingerprint density at radius 1 is 1.43 bits per heavy atom. The first-order chi connectivity index (χ1) is 6.70. The lowest BCUT2D eigenvalue weighted by Gasteiger charge is -2.14. The summed E-state index contributed by atoms with van der Waals surface area (Å²) in [6.45, 7) is 0.729.